The molecule has 0 N–H and O–H groups in total. The number of rotatable bonds is 6. The highest BCUT2D eigenvalue weighted by molar-refractivity contribution is 7.91. The Kier molecular flexibility index (Phi) is 7.61. The third kappa shape index (κ3) is 5.00. The predicted molar refractivity (Wildman–Crippen MR) is 134 cm³/mol. The molecule has 0 aromatic heterocycles. The van der Waals surface area contributed by atoms with Gasteiger partial charge in [0.1, 0.15) is 16.0 Å². The molecule has 0 radical (unpaired) electrons. The average molecular weight is 499 g/mol. The van der Waals surface area contributed by atoms with E-state index in [-0.39, 0.29) is 17.9 Å². The largest absolute Gasteiger partial charge is 0.334 e. The van der Waals surface area contributed by atoms with E-state index in [0.717, 1.165) is 30.4 Å². The minimum absolute atomic E-state index is 0.00993. The lowest BCUT2D eigenvalue weighted by atomic mass is 10.1. The third-order valence-corrected chi connectivity index (χ3v) is 9.67. The smallest absolute Gasteiger partial charge is 0.241 e. The summed E-state index contributed by atoms with van der Waals surface area (Å²) in [5, 5.41) is 10.1. The van der Waals surface area contributed by atoms with Gasteiger partial charge in [0.25, 0.3) is 0 Å². The van der Waals surface area contributed by atoms with Gasteiger partial charge in [-0.2, -0.15) is 5.26 Å². The summed E-state index contributed by atoms with van der Waals surface area (Å²) >= 11 is 6.07. The van der Waals surface area contributed by atoms with Gasteiger partial charge in [-0.05, 0) is 68.9 Å². The molecule has 2 aromatic rings. The molecule has 1 aliphatic carbocycles. The molecule has 1 aliphatic heterocycles. The van der Waals surface area contributed by atoms with Crippen LogP contribution in [-0.2, 0) is 21.3 Å². The topological polar surface area (TPSA) is 76.8 Å². The number of amides is 1. The van der Waals surface area contributed by atoms with Crippen LogP contribution in [0.25, 0.3) is 0 Å². The average Bonchev–Trinajstić information content (AvgIpc) is 3.53. The Morgan fingerprint density at radius 3 is 2.50 bits per heavy atom. The Labute approximate surface area is 207 Å². The summed E-state index contributed by atoms with van der Waals surface area (Å²) in [6, 6.07) is 16.9. The fourth-order valence-corrected chi connectivity index (χ4v) is 7.29. The molecule has 0 unspecified atom stereocenters. The number of hydrogen-bond donors (Lipinski definition) is 0. The van der Waals surface area contributed by atoms with E-state index in [2.05, 4.69) is 10.4 Å². The molecule has 1 saturated carbocycles. The highest BCUT2D eigenvalue weighted by Gasteiger charge is 2.42. The van der Waals surface area contributed by atoms with Gasteiger partial charge in [-0.25, -0.2) is 12.9 Å². The first-order valence-corrected chi connectivity index (χ1v) is 13.6. The zero-order valence-corrected chi connectivity index (χ0v) is 21.3. The van der Waals surface area contributed by atoms with Crippen molar-refractivity contribution in [3.05, 3.63) is 64.7 Å². The van der Waals surface area contributed by atoms with E-state index in [4.69, 9.17) is 11.6 Å². The predicted octanol–water partition coefficient (Wildman–Crippen LogP) is 5.21. The second kappa shape index (κ2) is 10.5. The zero-order valence-electron chi connectivity index (χ0n) is 19.7. The fourth-order valence-electron chi connectivity index (χ4n) is 5.07. The van der Waals surface area contributed by atoms with Crippen LogP contribution in [0.4, 0.5) is 0 Å². The first-order valence-electron chi connectivity index (χ1n) is 11.8. The van der Waals surface area contributed by atoms with Crippen molar-refractivity contribution in [2.45, 2.75) is 62.6 Å². The summed E-state index contributed by atoms with van der Waals surface area (Å²) in [6.07, 6.45) is 3.70. The molecular weight excluding hydrogens is 468 g/mol. The number of aryl methyl sites for hydroxylation is 1. The first-order chi connectivity index (χ1) is 16.4. The van der Waals surface area contributed by atoms with Gasteiger partial charge in [0.15, 0.2) is 0 Å². The Bertz CT molecular complexity index is 1180. The SMILES string of the molecule is CN=[S@](=O)(c1ccc(C)cc1)N1CCC[C@H]1C(=O)N(Cc1ccc(Cl)cc1)[C@@H]1CC[C@H](C#N)C1. The lowest BCUT2D eigenvalue weighted by Crippen LogP contribution is -2.50. The molecule has 2 aliphatic rings. The van der Waals surface area contributed by atoms with Crippen molar-refractivity contribution >= 4 is 27.4 Å². The van der Waals surface area contributed by atoms with Gasteiger partial charge in [0, 0.05) is 37.1 Å². The van der Waals surface area contributed by atoms with Gasteiger partial charge in [0.05, 0.1) is 11.0 Å². The normalized spacial score (nSPS) is 24.4. The van der Waals surface area contributed by atoms with Crippen molar-refractivity contribution in [2.75, 3.05) is 13.6 Å². The quantitative estimate of drug-likeness (QED) is 0.548. The molecular formula is C26H31ClN4O2S. The summed E-state index contributed by atoms with van der Waals surface area (Å²) in [6.45, 7) is 2.99. The molecule has 8 heteroatoms. The van der Waals surface area contributed by atoms with Crippen molar-refractivity contribution in [2.24, 2.45) is 10.3 Å². The number of benzene rings is 2. The van der Waals surface area contributed by atoms with Crippen LogP contribution in [0.5, 0.6) is 0 Å². The second-order valence-corrected chi connectivity index (χ2v) is 11.9. The Morgan fingerprint density at radius 2 is 1.88 bits per heavy atom. The number of carbonyl (C=O) groups is 1. The van der Waals surface area contributed by atoms with E-state index in [1.54, 1.807) is 7.05 Å². The van der Waals surface area contributed by atoms with Crippen molar-refractivity contribution in [1.82, 2.24) is 9.21 Å². The van der Waals surface area contributed by atoms with Crippen LogP contribution < -0.4 is 0 Å². The standard InChI is InChI=1S/C26H31ClN4O2S/c1-19-5-13-24(14-6-19)34(33,29-2)31-15-3-4-25(31)26(32)30(23-12-9-21(16-23)17-28)18-20-7-10-22(27)11-8-20/h5-8,10-11,13-14,21,23,25H,3-4,9,12,15-16,18H2,1-2H3/t21-,23+,25-,34+/m0/s1. The van der Waals surface area contributed by atoms with Crippen LogP contribution in [0.2, 0.25) is 5.02 Å². The molecule has 2 aromatic carbocycles. The summed E-state index contributed by atoms with van der Waals surface area (Å²) in [5.41, 5.74) is 2.07. The van der Waals surface area contributed by atoms with E-state index in [0.29, 0.717) is 35.8 Å². The summed E-state index contributed by atoms with van der Waals surface area (Å²) in [4.78, 5) is 16.6. The van der Waals surface area contributed by atoms with E-state index < -0.39 is 16.0 Å². The van der Waals surface area contributed by atoms with Crippen molar-refractivity contribution < 1.29 is 9.00 Å². The molecule has 1 heterocycles. The molecule has 1 amide bonds. The van der Waals surface area contributed by atoms with Crippen LogP contribution >= 0.6 is 11.6 Å². The van der Waals surface area contributed by atoms with Crippen molar-refractivity contribution in [1.29, 1.82) is 5.26 Å². The molecule has 2 fully saturated rings. The van der Waals surface area contributed by atoms with Gasteiger partial charge < -0.3 is 4.90 Å². The Balaban J connectivity index is 1.65. The van der Waals surface area contributed by atoms with E-state index in [1.807, 2.05) is 64.7 Å². The maximum absolute atomic E-state index is 14.2. The molecule has 0 bridgehead atoms. The Morgan fingerprint density at radius 1 is 1.18 bits per heavy atom. The van der Waals surface area contributed by atoms with Gasteiger partial charge in [-0.3, -0.25) is 4.79 Å². The minimum atomic E-state index is -2.90. The molecule has 1 saturated heterocycles. The number of nitrogens with zero attached hydrogens (tertiary/aromatic N) is 4. The fraction of sp³-hybridized carbons (Fsp3) is 0.462. The molecule has 6 nitrogen and oxygen atoms in total. The van der Waals surface area contributed by atoms with E-state index in [1.165, 1.54) is 0 Å². The highest BCUT2D eigenvalue weighted by atomic mass is 35.5. The summed E-state index contributed by atoms with van der Waals surface area (Å²) in [7, 11) is -1.33. The van der Waals surface area contributed by atoms with Gasteiger partial charge in [-0.1, -0.05) is 41.4 Å². The van der Waals surface area contributed by atoms with E-state index in [9.17, 15) is 14.3 Å². The van der Waals surface area contributed by atoms with Crippen LogP contribution in [-0.4, -0.2) is 45.0 Å². The number of nitriles is 1. The van der Waals surface area contributed by atoms with Gasteiger partial charge >= 0.3 is 0 Å². The molecule has 4 rings (SSSR count). The van der Waals surface area contributed by atoms with Crippen LogP contribution in [0.1, 0.15) is 43.2 Å². The third-order valence-electron chi connectivity index (χ3n) is 6.96. The molecule has 4 atom stereocenters. The molecule has 0 spiro atoms. The lowest BCUT2D eigenvalue weighted by molar-refractivity contribution is -0.137. The van der Waals surface area contributed by atoms with E-state index >= 15 is 0 Å². The first kappa shape index (κ1) is 24.7. The maximum atomic E-state index is 14.2. The van der Waals surface area contributed by atoms with Crippen molar-refractivity contribution in [3.63, 3.8) is 0 Å². The molecule has 180 valence electrons. The highest BCUT2D eigenvalue weighted by Crippen LogP contribution is 2.34. The number of hydrogen-bond acceptors (Lipinski definition) is 4. The summed E-state index contributed by atoms with van der Waals surface area (Å²) < 4.78 is 20.3. The van der Waals surface area contributed by atoms with Crippen LogP contribution in [0, 0.1) is 24.2 Å². The summed E-state index contributed by atoms with van der Waals surface area (Å²) in [5.74, 6) is -0.0628. The maximum Gasteiger partial charge on any atom is 0.241 e. The monoisotopic (exact) mass is 498 g/mol. The zero-order chi connectivity index (χ0) is 24.3. The van der Waals surface area contributed by atoms with Crippen LogP contribution in [0.3, 0.4) is 0 Å². The van der Waals surface area contributed by atoms with Crippen molar-refractivity contribution in [3.8, 4) is 6.07 Å². The van der Waals surface area contributed by atoms with Crippen LogP contribution in [0.15, 0.2) is 57.8 Å². The lowest BCUT2D eigenvalue weighted by Gasteiger charge is -2.35. The van der Waals surface area contributed by atoms with Gasteiger partial charge in [0.2, 0.25) is 5.91 Å². The van der Waals surface area contributed by atoms with Gasteiger partial charge in [-0.15, -0.1) is 0 Å². The second-order valence-electron chi connectivity index (χ2n) is 9.18. The minimum Gasteiger partial charge on any atom is -0.334 e. The number of carbonyl (C=O) groups excluding carboxylic acids is 1. The number of halogens is 1. The molecule has 34 heavy (non-hydrogen) atoms. The Hall–Kier alpha value is -2.40.